The lowest BCUT2D eigenvalue weighted by molar-refractivity contribution is 0.0944. The third-order valence-corrected chi connectivity index (χ3v) is 3.58. The van der Waals surface area contributed by atoms with Crippen LogP contribution in [-0.2, 0) is 0 Å². The number of aromatic nitrogens is 1. The number of carbonyl (C=O) groups is 1. The van der Waals surface area contributed by atoms with E-state index in [9.17, 15) is 4.79 Å². The van der Waals surface area contributed by atoms with Gasteiger partial charge in [0, 0.05) is 12.4 Å². The molecule has 5 heteroatoms. The fourth-order valence-corrected chi connectivity index (χ4v) is 2.39. The van der Waals surface area contributed by atoms with Crippen LogP contribution in [0.1, 0.15) is 28.2 Å². The normalized spacial score (nSPS) is 12.1. The van der Waals surface area contributed by atoms with Gasteiger partial charge in [-0.1, -0.05) is 11.6 Å². The highest BCUT2D eigenvalue weighted by Gasteiger charge is 2.12. The number of pyridine rings is 1. The average Bonchev–Trinajstić information content (AvgIpc) is 2.77. The summed E-state index contributed by atoms with van der Waals surface area (Å²) < 4.78 is 0.617. The van der Waals surface area contributed by atoms with E-state index in [1.165, 1.54) is 11.3 Å². The van der Waals surface area contributed by atoms with Crippen molar-refractivity contribution in [2.75, 3.05) is 0 Å². The lowest BCUT2D eigenvalue weighted by atomic mass is 10.1. The van der Waals surface area contributed by atoms with E-state index in [0.29, 0.717) is 9.21 Å². The van der Waals surface area contributed by atoms with Crippen molar-refractivity contribution >= 4 is 28.8 Å². The van der Waals surface area contributed by atoms with Gasteiger partial charge in [-0.05, 0) is 36.8 Å². The number of carbonyl (C=O) groups excluding carboxylic acids is 1. The van der Waals surface area contributed by atoms with E-state index in [1.54, 1.807) is 24.5 Å². The minimum Gasteiger partial charge on any atom is -0.345 e. The van der Waals surface area contributed by atoms with Gasteiger partial charge in [-0.15, -0.1) is 11.3 Å². The van der Waals surface area contributed by atoms with Crippen LogP contribution in [-0.4, -0.2) is 10.9 Å². The number of halogens is 1. The van der Waals surface area contributed by atoms with Crippen molar-refractivity contribution < 1.29 is 4.79 Å². The Morgan fingerprint density at radius 1 is 1.35 bits per heavy atom. The molecule has 3 nitrogen and oxygen atoms in total. The first-order valence-corrected chi connectivity index (χ1v) is 6.32. The van der Waals surface area contributed by atoms with Crippen molar-refractivity contribution in [3.63, 3.8) is 0 Å². The van der Waals surface area contributed by atoms with Gasteiger partial charge in [-0.3, -0.25) is 9.78 Å². The van der Waals surface area contributed by atoms with Crippen molar-refractivity contribution in [2.24, 2.45) is 0 Å². The standard InChI is InChI=1S/C12H11ClN2OS/c1-8(9-4-6-14-7-5-9)15-12(16)10-2-3-11(13)17-10/h2-8H,1H3,(H,15,16). The lowest BCUT2D eigenvalue weighted by Gasteiger charge is -2.13. The third kappa shape index (κ3) is 3.05. The van der Waals surface area contributed by atoms with Crippen molar-refractivity contribution in [1.82, 2.24) is 10.3 Å². The third-order valence-electron chi connectivity index (χ3n) is 2.35. The number of hydrogen-bond acceptors (Lipinski definition) is 3. The predicted molar refractivity (Wildman–Crippen MR) is 69.4 cm³/mol. The zero-order valence-electron chi connectivity index (χ0n) is 9.18. The Balaban J connectivity index is 2.04. The fourth-order valence-electron chi connectivity index (χ4n) is 1.44. The summed E-state index contributed by atoms with van der Waals surface area (Å²) in [6, 6.07) is 7.16. The molecule has 0 bridgehead atoms. The Bertz CT molecular complexity index is 512. The Morgan fingerprint density at radius 2 is 2.06 bits per heavy atom. The molecule has 0 radical (unpaired) electrons. The number of amides is 1. The maximum Gasteiger partial charge on any atom is 0.261 e. The highest BCUT2D eigenvalue weighted by atomic mass is 35.5. The summed E-state index contributed by atoms with van der Waals surface area (Å²) in [7, 11) is 0. The predicted octanol–water partition coefficient (Wildman–Crippen LogP) is 3.29. The number of hydrogen-bond donors (Lipinski definition) is 1. The van der Waals surface area contributed by atoms with Crippen LogP contribution in [0.2, 0.25) is 4.34 Å². The summed E-state index contributed by atoms with van der Waals surface area (Å²) >= 11 is 7.06. The average molecular weight is 267 g/mol. The molecular formula is C12H11ClN2OS. The molecule has 1 N–H and O–H groups in total. The molecule has 0 saturated heterocycles. The number of rotatable bonds is 3. The van der Waals surface area contributed by atoms with E-state index >= 15 is 0 Å². The zero-order chi connectivity index (χ0) is 12.3. The molecule has 0 aliphatic carbocycles. The highest BCUT2D eigenvalue weighted by Crippen LogP contribution is 2.22. The molecule has 0 aromatic carbocycles. The summed E-state index contributed by atoms with van der Waals surface area (Å²) in [4.78, 5) is 16.4. The maximum atomic E-state index is 11.9. The van der Waals surface area contributed by atoms with Crippen molar-refractivity contribution in [2.45, 2.75) is 13.0 Å². The summed E-state index contributed by atoms with van der Waals surface area (Å²) in [5, 5.41) is 2.91. The van der Waals surface area contributed by atoms with E-state index in [1.807, 2.05) is 19.1 Å². The first-order valence-electron chi connectivity index (χ1n) is 5.13. The molecule has 88 valence electrons. The second kappa shape index (κ2) is 5.29. The lowest BCUT2D eigenvalue weighted by Crippen LogP contribution is -2.25. The molecule has 1 unspecified atom stereocenters. The van der Waals surface area contributed by atoms with Crippen molar-refractivity contribution in [1.29, 1.82) is 0 Å². The fraction of sp³-hybridized carbons (Fsp3) is 0.167. The first-order chi connectivity index (χ1) is 8.16. The van der Waals surface area contributed by atoms with Crippen LogP contribution in [0.5, 0.6) is 0 Å². The minimum atomic E-state index is -0.105. The largest absolute Gasteiger partial charge is 0.345 e. The van der Waals surface area contributed by atoms with Gasteiger partial charge in [0.2, 0.25) is 0 Å². The summed E-state index contributed by atoms with van der Waals surface area (Å²) in [5.74, 6) is -0.105. The Kier molecular flexibility index (Phi) is 3.76. The summed E-state index contributed by atoms with van der Waals surface area (Å²) in [6.45, 7) is 1.93. The quantitative estimate of drug-likeness (QED) is 0.926. The molecule has 17 heavy (non-hydrogen) atoms. The summed E-state index contributed by atoms with van der Waals surface area (Å²) in [5.41, 5.74) is 1.02. The molecule has 0 fully saturated rings. The van der Waals surface area contributed by atoms with Gasteiger partial charge in [0.15, 0.2) is 0 Å². The molecule has 1 amide bonds. The maximum absolute atomic E-state index is 11.9. The minimum absolute atomic E-state index is 0.0497. The molecule has 2 aromatic heterocycles. The highest BCUT2D eigenvalue weighted by molar-refractivity contribution is 7.17. The molecule has 2 rings (SSSR count). The van der Waals surface area contributed by atoms with Crippen LogP contribution in [0.3, 0.4) is 0 Å². The Morgan fingerprint density at radius 3 is 2.65 bits per heavy atom. The van der Waals surface area contributed by atoms with Crippen LogP contribution in [0.15, 0.2) is 36.7 Å². The summed E-state index contributed by atoms with van der Waals surface area (Å²) in [6.07, 6.45) is 3.42. The van der Waals surface area contributed by atoms with Crippen LogP contribution < -0.4 is 5.32 Å². The first kappa shape index (κ1) is 12.1. The van der Waals surface area contributed by atoms with Crippen LogP contribution in [0, 0.1) is 0 Å². The van der Waals surface area contributed by atoms with Gasteiger partial charge in [0.1, 0.15) is 0 Å². The van der Waals surface area contributed by atoms with E-state index in [2.05, 4.69) is 10.3 Å². The molecule has 0 saturated carbocycles. The molecule has 0 aliphatic heterocycles. The van der Waals surface area contributed by atoms with E-state index in [-0.39, 0.29) is 11.9 Å². The number of nitrogens with zero attached hydrogens (tertiary/aromatic N) is 1. The van der Waals surface area contributed by atoms with Crippen LogP contribution in [0.25, 0.3) is 0 Å². The van der Waals surface area contributed by atoms with Gasteiger partial charge in [-0.25, -0.2) is 0 Å². The smallest absolute Gasteiger partial charge is 0.261 e. The number of thiophene rings is 1. The second-order valence-electron chi connectivity index (χ2n) is 3.58. The van der Waals surface area contributed by atoms with E-state index < -0.39 is 0 Å². The Hall–Kier alpha value is -1.39. The number of nitrogens with one attached hydrogen (secondary N) is 1. The van der Waals surface area contributed by atoms with Crippen molar-refractivity contribution in [3.05, 3.63) is 51.4 Å². The molecule has 1 atom stereocenters. The van der Waals surface area contributed by atoms with Crippen LogP contribution in [0.4, 0.5) is 0 Å². The molecule has 2 aromatic rings. The molecule has 0 aliphatic rings. The SMILES string of the molecule is CC(NC(=O)c1ccc(Cl)s1)c1ccncc1. The van der Waals surface area contributed by atoms with Gasteiger partial charge in [0.25, 0.3) is 5.91 Å². The Labute approximate surface area is 108 Å². The van der Waals surface area contributed by atoms with Gasteiger partial charge in [-0.2, -0.15) is 0 Å². The van der Waals surface area contributed by atoms with Crippen molar-refractivity contribution in [3.8, 4) is 0 Å². The van der Waals surface area contributed by atoms with E-state index in [0.717, 1.165) is 5.56 Å². The van der Waals surface area contributed by atoms with Gasteiger partial charge >= 0.3 is 0 Å². The van der Waals surface area contributed by atoms with E-state index in [4.69, 9.17) is 11.6 Å². The molecular weight excluding hydrogens is 256 g/mol. The molecule has 2 heterocycles. The topological polar surface area (TPSA) is 42.0 Å². The second-order valence-corrected chi connectivity index (χ2v) is 5.29. The zero-order valence-corrected chi connectivity index (χ0v) is 10.8. The van der Waals surface area contributed by atoms with Crippen LogP contribution >= 0.6 is 22.9 Å². The monoisotopic (exact) mass is 266 g/mol. The molecule has 0 spiro atoms. The van der Waals surface area contributed by atoms with Gasteiger partial charge < -0.3 is 5.32 Å². The van der Waals surface area contributed by atoms with Gasteiger partial charge in [0.05, 0.1) is 15.3 Å².